The van der Waals surface area contributed by atoms with Crippen molar-refractivity contribution in [2.75, 3.05) is 26.2 Å². The Labute approximate surface area is 118 Å². The van der Waals surface area contributed by atoms with Crippen LogP contribution in [0, 0.1) is 11.8 Å². The summed E-state index contributed by atoms with van der Waals surface area (Å²) >= 11 is 1.68. The lowest BCUT2D eigenvalue weighted by molar-refractivity contribution is -0.131. The first-order valence-electron chi connectivity index (χ1n) is 6.28. The van der Waals surface area contributed by atoms with Gasteiger partial charge in [-0.2, -0.15) is 0 Å². The van der Waals surface area contributed by atoms with Crippen molar-refractivity contribution in [3.05, 3.63) is 22.4 Å². The smallest absolute Gasteiger partial charge is 0.230 e. The Morgan fingerprint density at radius 1 is 1.44 bits per heavy atom. The van der Waals surface area contributed by atoms with E-state index in [0.29, 0.717) is 17.7 Å². The van der Waals surface area contributed by atoms with Gasteiger partial charge in [0.2, 0.25) is 5.91 Å². The van der Waals surface area contributed by atoms with Crippen LogP contribution in [0.5, 0.6) is 0 Å². The van der Waals surface area contributed by atoms with Gasteiger partial charge in [0, 0.05) is 31.1 Å². The number of carbonyl (C=O) groups is 1. The van der Waals surface area contributed by atoms with E-state index >= 15 is 0 Å². The molecule has 0 bridgehead atoms. The van der Waals surface area contributed by atoms with E-state index in [0.717, 1.165) is 26.2 Å². The van der Waals surface area contributed by atoms with Crippen LogP contribution in [-0.2, 0) is 4.79 Å². The second-order valence-corrected chi connectivity index (χ2v) is 6.14. The lowest BCUT2D eigenvalue weighted by Gasteiger charge is -2.21. The van der Waals surface area contributed by atoms with Crippen LogP contribution in [0.1, 0.15) is 17.7 Å². The molecule has 5 heteroatoms. The van der Waals surface area contributed by atoms with E-state index in [2.05, 4.69) is 16.3 Å². The van der Waals surface area contributed by atoms with E-state index in [1.807, 2.05) is 18.4 Å². The number of halogens is 1. The minimum Gasteiger partial charge on any atom is -0.341 e. The van der Waals surface area contributed by atoms with Crippen molar-refractivity contribution < 1.29 is 4.79 Å². The fourth-order valence-corrected chi connectivity index (χ4v) is 3.74. The van der Waals surface area contributed by atoms with Crippen molar-refractivity contribution >= 4 is 29.7 Å². The van der Waals surface area contributed by atoms with Gasteiger partial charge in [0.1, 0.15) is 0 Å². The minimum atomic E-state index is 0. The number of carbonyl (C=O) groups excluding carboxylic acids is 1. The third kappa shape index (κ3) is 2.42. The molecule has 0 spiro atoms. The second-order valence-electron chi connectivity index (χ2n) is 5.16. The highest BCUT2D eigenvalue weighted by Gasteiger charge is 2.39. The summed E-state index contributed by atoms with van der Waals surface area (Å²) in [6.45, 7) is 6.10. The van der Waals surface area contributed by atoms with Gasteiger partial charge in [0.05, 0.1) is 5.92 Å². The highest BCUT2D eigenvalue weighted by atomic mass is 35.5. The molecule has 1 unspecified atom stereocenters. The third-order valence-electron chi connectivity index (χ3n) is 4.04. The maximum atomic E-state index is 12.4. The van der Waals surface area contributed by atoms with E-state index in [1.165, 1.54) is 4.88 Å². The van der Waals surface area contributed by atoms with Crippen molar-refractivity contribution in [1.29, 1.82) is 0 Å². The Bertz CT molecular complexity index is 397. The fraction of sp³-hybridized carbons (Fsp3) is 0.615. The molecular weight excluding hydrogens is 268 g/mol. The molecule has 1 amide bonds. The van der Waals surface area contributed by atoms with Gasteiger partial charge in [0.15, 0.2) is 0 Å². The van der Waals surface area contributed by atoms with Gasteiger partial charge in [-0.05, 0) is 30.2 Å². The second kappa shape index (κ2) is 5.59. The van der Waals surface area contributed by atoms with Gasteiger partial charge in [0.25, 0.3) is 0 Å². The lowest BCUT2D eigenvalue weighted by atomic mass is 10.0. The zero-order chi connectivity index (χ0) is 11.8. The van der Waals surface area contributed by atoms with Crippen LogP contribution in [-0.4, -0.2) is 37.0 Å². The predicted octanol–water partition coefficient (Wildman–Crippen LogP) is 1.95. The number of likely N-dealkylation sites (tertiary alicyclic amines) is 1. The summed E-state index contributed by atoms with van der Waals surface area (Å²) in [5, 5.41) is 5.45. The number of hydrogen-bond donors (Lipinski definition) is 1. The molecule has 2 aliphatic heterocycles. The van der Waals surface area contributed by atoms with Gasteiger partial charge in [-0.3, -0.25) is 4.79 Å². The van der Waals surface area contributed by atoms with Crippen molar-refractivity contribution in [2.45, 2.75) is 12.8 Å². The average molecular weight is 287 g/mol. The van der Waals surface area contributed by atoms with Crippen LogP contribution in [0.4, 0.5) is 0 Å². The summed E-state index contributed by atoms with van der Waals surface area (Å²) in [6, 6.07) is 4.08. The average Bonchev–Trinajstić information content (AvgIpc) is 3.01. The molecule has 3 heterocycles. The summed E-state index contributed by atoms with van der Waals surface area (Å²) in [7, 11) is 0. The van der Waals surface area contributed by atoms with Gasteiger partial charge in [-0.25, -0.2) is 0 Å². The van der Waals surface area contributed by atoms with E-state index in [-0.39, 0.29) is 18.3 Å². The molecule has 1 N–H and O–H groups in total. The number of hydrogen-bond acceptors (Lipinski definition) is 3. The summed E-state index contributed by atoms with van der Waals surface area (Å²) in [5.74, 6) is 1.72. The third-order valence-corrected chi connectivity index (χ3v) is 5.10. The first kappa shape index (κ1) is 13.8. The molecule has 100 valence electrons. The number of amides is 1. The Morgan fingerprint density at radius 2 is 2.11 bits per heavy atom. The van der Waals surface area contributed by atoms with Gasteiger partial charge >= 0.3 is 0 Å². The molecule has 3 nitrogen and oxygen atoms in total. The van der Waals surface area contributed by atoms with E-state index in [9.17, 15) is 4.79 Å². The van der Waals surface area contributed by atoms with Crippen molar-refractivity contribution in [3.8, 4) is 0 Å². The summed E-state index contributed by atoms with van der Waals surface area (Å²) in [5.41, 5.74) is 0. The molecule has 0 saturated carbocycles. The number of nitrogens with zero attached hydrogens (tertiary/aromatic N) is 1. The number of nitrogens with one attached hydrogen (secondary N) is 1. The molecule has 18 heavy (non-hydrogen) atoms. The highest BCUT2D eigenvalue weighted by molar-refractivity contribution is 7.10. The molecule has 3 atom stereocenters. The fourth-order valence-electron chi connectivity index (χ4n) is 2.97. The van der Waals surface area contributed by atoms with Crippen molar-refractivity contribution in [1.82, 2.24) is 10.2 Å². The summed E-state index contributed by atoms with van der Waals surface area (Å²) in [6.07, 6.45) is 0. The van der Waals surface area contributed by atoms with Crippen LogP contribution in [0.2, 0.25) is 0 Å². The largest absolute Gasteiger partial charge is 0.341 e. The standard InChI is InChI=1S/C13H18N2OS.ClH/c1-9(12-3-2-4-17-12)13(16)15-7-10-5-14-6-11(10)8-15;/h2-4,9-11,14H,5-8H2,1H3;1H/t9?,10-,11+;. The highest BCUT2D eigenvalue weighted by Crippen LogP contribution is 2.30. The molecule has 1 aromatic rings. The molecular formula is C13H19ClN2OS. The van der Waals surface area contributed by atoms with Crippen LogP contribution in [0.25, 0.3) is 0 Å². The zero-order valence-electron chi connectivity index (χ0n) is 10.5. The first-order chi connectivity index (χ1) is 8.25. The molecule has 2 saturated heterocycles. The predicted molar refractivity (Wildman–Crippen MR) is 76.4 cm³/mol. The van der Waals surface area contributed by atoms with Crippen LogP contribution >= 0.6 is 23.7 Å². The first-order valence-corrected chi connectivity index (χ1v) is 7.16. The molecule has 2 aliphatic rings. The normalized spacial score (nSPS) is 27.7. The van der Waals surface area contributed by atoms with Crippen LogP contribution < -0.4 is 5.32 Å². The van der Waals surface area contributed by atoms with Gasteiger partial charge < -0.3 is 10.2 Å². The monoisotopic (exact) mass is 286 g/mol. The lowest BCUT2D eigenvalue weighted by Crippen LogP contribution is -2.34. The maximum absolute atomic E-state index is 12.4. The Hall–Kier alpha value is -0.580. The molecule has 0 aromatic carbocycles. The molecule has 3 rings (SSSR count). The Balaban J connectivity index is 0.00000120. The molecule has 2 fully saturated rings. The van der Waals surface area contributed by atoms with Crippen molar-refractivity contribution in [2.24, 2.45) is 11.8 Å². The van der Waals surface area contributed by atoms with Gasteiger partial charge in [-0.15, -0.1) is 23.7 Å². The number of fused-ring (bicyclic) bond motifs is 1. The van der Waals surface area contributed by atoms with E-state index < -0.39 is 0 Å². The van der Waals surface area contributed by atoms with Gasteiger partial charge in [-0.1, -0.05) is 6.07 Å². The Morgan fingerprint density at radius 3 is 2.67 bits per heavy atom. The number of thiophene rings is 1. The minimum absolute atomic E-state index is 0. The van der Waals surface area contributed by atoms with E-state index in [1.54, 1.807) is 11.3 Å². The van der Waals surface area contributed by atoms with E-state index in [4.69, 9.17) is 0 Å². The zero-order valence-corrected chi connectivity index (χ0v) is 12.1. The number of rotatable bonds is 2. The summed E-state index contributed by atoms with van der Waals surface area (Å²) < 4.78 is 0. The van der Waals surface area contributed by atoms with Crippen molar-refractivity contribution in [3.63, 3.8) is 0 Å². The Kier molecular flexibility index (Phi) is 4.30. The SMILES string of the molecule is CC(C(=O)N1C[C@H]2CNC[C@H]2C1)c1cccs1.Cl. The van der Waals surface area contributed by atoms with Crippen LogP contribution in [0.3, 0.4) is 0 Å². The molecule has 1 aromatic heterocycles. The quantitative estimate of drug-likeness (QED) is 0.901. The topological polar surface area (TPSA) is 32.3 Å². The molecule has 0 radical (unpaired) electrons. The molecule has 0 aliphatic carbocycles. The maximum Gasteiger partial charge on any atom is 0.230 e. The summed E-state index contributed by atoms with van der Waals surface area (Å²) in [4.78, 5) is 15.6. The van der Waals surface area contributed by atoms with Crippen LogP contribution in [0.15, 0.2) is 17.5 Å².